The van der Waals surface area contributed by atoms with E-state index >= 15 is 0 Å². The molecule has 0 spiro atoms. The molecule has 5 nitrogen and oxygen atoms in total. The fourth-order valence-electron chi connectivity index (χ4n) is 3.77. The van der Waals surface area contributed by atoms with Crippen molar-refractivity contribution in [1.82, 2.24) is 20.0 Å². The molecule has 1 atom stereocenters. The Bertz CT molecular complexity index is 478. The Hall–Kier alpha value is -1.20. The quantitative estimate of drug-likeness (QED) is 0.883. The van der Waals surface area contributed by atoms with Crippen LogP contribution in [-0.4, -0.2) is 52.2 Å². The van der Waals surface area contributed by atoms with Crippen LogP contribution in [-0.2, 0) is 18.3 Å². The third-order valence-electron chi connectivity index (χ3n) is 4.99. The SMILES string of the molecule is Cn1nccc1CCC(=O)C1CCCN1C1CCNCC1. The van der Waals surface area contributed by atoms with Gasteiger partial charge in [-0.1, -0.05) is 0 Å². The molecule has 21 heavy (non-hydrogen) atoms. The average molecular weight is 290 g/mol. The number of hydrogen-bond donors (Lipinski definition) is 1. The van der Waals surface area contributed by atoms with E-state index in [-0.39, 0.29) is 6.04 Å². The van der Waals surface area contributed by atoms with Crippen LogP contribution in [0.2, 0.25) is 0 Å². The lowest BCUT2D eigenvalue weighted by atomic mass is 10.00. The van der Waals surface area contributed by atoms with E-state index < -0.39 is 0 Å². The minimum absolute atomic E-state index is 0.168. The Kier molecular flexibility index (Phi) is 4.70. The third-order valence-corrected chi connectivity index (χ3v) is 4.99. The summed E-state index contributed by atoms with van der Waals surface area (Å²) in [6, 6.07) is 2.78. The summed E-state index contributed by atoms with van der Waals surface area (Å²) >= 11 is 0. The second-order valence-corrected chi connectivity index (χ2v) is 6.29. The number of carbonyl (C=O) groups excluding carboxylic acids is 1. The van der Waals surface area contributed by atoms with Gasteiger partial charge in [-0.2, -0.15) is 5.10 Å². The normalized spacial score (nSPS) is 24.5. The number of likely N-dealkylation sites (tertiary alicyclic amines) is 1. The van der Waals surface area contributed by atoms with Crippen molar-refractivity contribution in [2.45, 2.75) is 50.6 Å². The van der Waals surface area contributed by atoms with E-state index in [0.717, 1.165) is 38.2 Å². The van der Waals surface area contributed by atoms with Crippen LogP contribution in [0.3, 0.4) is 0 Å². The molecule has 0 radical (unpaired) electrons. The van der Waals surface area contributed by atoms with Crippen LogP contribution < -0.4 is 5.32 Å². The van der Waals surface area contributed by atoms with Crippen LogP contribution in [0.4, 0.5) is 0 Å². The number of aromatic nitrogens is 2. The topological polar surface area (TPSA) is 50.2 Å². The zero-order valence-electron chi connectivity index (χ0n) is 12.9. The maximum absolute atomic E-state index is 12.6. The molecule has 0 saturated carbocycles. The Morgan fingerprint density at radius 1 is 1.38 bits per heavy atom. The maximum Gasteiger partial charge on any atom is 0.150 e. The molecule has 2 saturated heterocycles. The molecule has 3 rings (SSSR count). The van der Waals surface area contributed by atoms with E-state index in [4.69, 9.17) is 0 Å². The molecule has 3 heterocycles. The highest BCUT2D eigenvalue weighted by Gasteiger charge is 2.35. The zero-order valence-corrected chi connectivity index (χ0v) is 12.9. The fourth-order valence-corrected chi connectivity index (χ4v) is 3.77. The van der Waals surface area contributed by atoms with Gasteiger partial charge in [-0.15, -0.1) is 0 Å². The monoisotopic (exact) mass is 290 g/mol. The number of ketones is 1. The fraction of sp³-hybridized carbons (Fsp3) is 0.750. The van der Waals surface area contributed by atoms with E-state index in [9.17, 15) is 4.79 Å². The largest absolute Gasteiger partial charge is 0.317 e. The predicted molar refractivity (Wildman–Crippen MR) is 82.2 cm³/mol. The van der Waals surface area contributed by atoms with Gasteiger partial charge >= 0.3 is 0 Å². The first-order valence-electron chi connectivity index (χ1n) is 8.22. The molecule has 0 bridgehead atoms. The summed E-state index contributed by atoms with van der Waals surface area (Å²) in [5.41, 5.74) is 1.15. The minimum Gasteiger partial charge on any atom is -0.317 e. The highest BCUT2D eigenvalue weighted by atomic mass is 16.1. The first-order chi connectivity index (χ1) is 10.3. The first-order valence-corrected chi connectivity index (χ1v) is 8.22. The van der Waals surface area contributed by atoms with Gasteiger partial charge in [0.15, 0.2) is 0 Å². The van der Waals surface area contributed by atoms with Gasteiger partial charge in [0, 0.05) is 31.4 Å². The van der Waals surface area contributed by atoms with Gasteiger partial charge in [-0.05, 0) is 57.8 Å². The van der Waals surface area contributed by atoms with Crippen LogP contribution in [0.5, 0.6) is 0 Å². The second kappa shape index (κ2) is 6.71. The van der Waals surface area contributed by atoms with Crippen LogP contribution in [0.1, 0.15) is 37.8 Å². The summed E-state index contributed by atoms with van der Waals surface area (Å²) in [6.07, 6.45) is 7.85. The van der Waals surface area contributed by atoms with Gasteiger partial charge < -0.3 is 5.32 Å². The summed E-state index contributed by atoms with van der Waals surface area (Å²) in [5.74, 6) is 0.423. The van der Waals surface area contributed by atoms with Gasteiger partial charge in [-0.25, -0.2) is 0 Å². The van der Waals surface area contributed by atoms with Gasteiger partial charge in [-0.3, -0.25) is 14.4 Å². The molecule has 2 fully saturated rings. The lowest BCUT2D eigenvalue weighted by Gasteiger charge is -2.35. The number of nitrogens with one attached hydrogen (secondary N) is 1. The molecule has 1 aromatic rings. The number of Topliss-reactive ketones (excluding diaryl/α,β-unsaturated/α-hetero) is 1. The third kappa shape index (κ3) is 3.35. The number of carbonyl (C=O) groups is 1. The van der Waals surface area contributed by atoms with Crippen molar-refractivity contribution >= 4 is 5.78 Å². The van der Waals surface area contributed by atoms with Crippen molar-refractivity contribution in [2.24, 2.45) is 7.05 Å². The lowest BCUT2D eigenvalue weighted by Crippen LogP contribution is -2.47. The van der Waals surface area contributed by atoms with Crippen molar-refractivity contribution in [3.05, 3.63) is 18.0 Å². The number of hydrogen-bond acceptors (Lipinski definition) is 4. The van der Waals surface area contributed by atoms with E-state index in [1.54, 1.807) is 6.20 Å². The van der Waals surface area contributed by atoms with Crippen molar-refractivity contribution in [3.63, 3.8) is 0 Å². The Labute approximate surface area is 126 Å². The summed E-state index contributed by atoms with van der Waals surface area (Å²) in [7, 11) is 1.94. The summed E-state index contributed by atoms with van der Waals surface area (Å²) in [4.78, 5) is 15.1. The Morgan fingerprint density at radius 3 is 2.90 bits per heavy atom. The van der Waals surface area contributed by atoms with Gasteiger partial charge in [0.25, 0.3) is 0 Å². The number of rotatable bonds is 5. The molecular formula is C16H26N4O. The first kappa shape index (κ1) is 14.7. The van der Waals surface area contributed by atoms with Crippen molar-refractivity contribution < 1.29 is 4.79 Å². The number of aryl methyl sites for hydroxylation is 2. The van der Waals surface area contributed by atoms with E-state index in [2.05, 4.69) is 15.3 Å². The maximum atomic E-state index is 12.6. The predicted octanol–water partition coefficient (Wildman–Crippen LogP) is 1.14. The number of piperidine rings is 1. The Balaban J connectivity index is 1.56. The lowest BCUT2D eigenvalue weighted by molar-refractivity contribution is -0.124. The highest BCUT2D eigenvalue weighted by Crippen LogP contribution is 2.26. The molecule has 2 aliphatic heterocycles. The molecule has 5 heteroatoms. The molecule has 1 unspecified atom stereocenters. The minimum atomic E-state index is 0.168. The van der Waals surface area contributed by atoms with Crippen LogP contribution in [0, 0.1) is 0 Å². The van der Waals surface area contributed by atoms with E-state index in [1.165, 1.54) is 19.3 Å². The van der Waals surface area contributed by atoms with Gasteiger partial charge in [0.2, 0.25) is 0 Å². The van der Waals surface area contributed by atoms with Crippen LogP contribution in [0.15, 0.2) is 12.3 Å². The molecule has 116 valence electrons. The van der Waals surface area contributed by atoms with Crippen LogP contribution >= 0.6 is 0 Å². The molecular weight excluding hydrogens is 264 g/mol. The van der Waals surface area contributed by atoms with Crippen LogP contribution in [0.25, 0.3) is 0 Å². The van der Waals surface area contributed by atoms with Gasteiger partial charge in [0.1, 0.15) is 5.78 Å². The summed E-state index contributed by atoms with van der Waals surface area (Å²) < 4.78 is 1.87. The second-order valence-electron chi connectivity index (χ2n) is 6.29. The standard InChI is InChI=1S/C16H26N4O/c1-19-13(8-11-18-19)4-5-16(21)15-3-2-12-20(15)14-6-9-17-10-7-14/h8,11,14-15,17H,2-7,9-10,12H2,1H3. The van der Waals surface area contributed by atoms with E-state index in [1.807, 2.05) is 17.8 Å². The molecule has 0 aromatic carbocycles. The molecule has 0 amide bonds. The summed E-state index contributed by atoms with van der Waals surface area (Å²) in [6.45, 7) is 3.29. The zero-order chi connectivity index (χ0) is 14.7. The van der Waals surface area contributed by atoms with Crippen molar-refractivity contribution in [1.29, 1.82) is 0 Å². The van der Waals surface area contributed by atoms with Gasteiger partial charge in [0.05, 0.1) is 6.04 Å². The number of nitrogens with zero attached hydrogens (tertiary/aromatic N) is 3. The Morgan fingerprint density at radius 2 is 2.19 bits per heavy atom. The molecule has 1 N–H and O–H groups in total. The highest BCUT2D eigenvalue weighted by molar-refractivity contribution is 5.84. The molecule has 1 aromatic heterocycles. The van der Waals surface area contributed by atoms with E-state index in [0.29, 0.717) is 18.2 Å². The average Bonchev–Trinajstić information content (AvgIpc) is 3.15. The molecule has 2 aliphatic rings. The van der Waals surface area contributed by atoms with Crippen molar-refractivity contribution in [2.75, 3.05) is 19.6 Å². The molecule has 0 aliphatic carbocycles. The van der Waals surface area contributed by atoms with Crippen molar-refractivity contribution in [3.8, 4) is 0 Å². The summed E-state index contributed by atoms with van der Waals surface area (Å²) in [5, 5.41) is 7.58. The smallest absolute Gasteiger partial charge is 0.150 e.